The molecule has 0 spiro atoms. The number of nitrogens with zero attached hydrogens (tertiary/aromatic N) is 2. The fraction of sp³-hybridized carbons (Fsp3) is 0.217. The lowest BCUT2D eigenvalue weighted by atomic mass is 10.1. The van der Waals surface area contributed by atoms with Crippen molar-refractivity contribution in [1.29, 1.82) is 0 Å². The zero-order valence-corrected chi connectivity index (χ0v) is 19.0. The van der Waals surface area contributed by atoms with Gasteiger partial charge in [0.2, 0.25) is 5.95 Å². The monoisotopic (exact) mass is 507 g/mol. The molecule has 2 aromatic carbocycles. The zero-order valence-electron chi connectivity index (χ0n) is 19.0. The maximum Gasteiger partial charge on any atom is 0.421 e. The number of anilines is 4. The first-order chi connectivity index (χ1) is 17.0. The van der Waals surface area contributed by atoms with Crippen molar-refractivity contribution < 1.29 is 37.0 Å². The molecule has 0 radical (unpaired) electrons. The molecule has 1 amide bonds. The molecule has 0 unspecified atom stereocenters. The van der Waals surface area contributed by atoms with Crippen LogP contribution >= 0.6 is 0 Å². The lowest BCUT2D eigenvalue weighted by Crippen LogP contribution is -2.23. The molecule has 0 aliphatic carbocycles. The normalized spacial score (nSPS) is 11.1. The topological polar surface area (TPSA) is 125 Å². The third-order valence-corrected chi connectivity index (χ3v) is 4.82. The summed E-state index contributed by atoms with van der Waals surface area (Å²) in [4.78, 5) is 31.1. The minimum Gasteiger partial charge on any atom is -0.495 e. The number of methoxy groups -OCH3 is 1. The number of hydrogen-bond donors (Lipinski definition) is 4. The van der Waals surface area contributed by atoms with E-state index in [1.807, 2.05) is 6.92 Å². The maximum atomic E-state index is 14.0. The van der Waals surface area contributed by atoms with Crippen molar-refractivity contribution in [3.8, 4) is 5.75 Å². The van der Waals surface area contributed by atoms with Crippen LogP contribution in [-0.2, 0) is 6.18 Å². The molecule has 3 rings (SSSR count). The van der Waals surface area contributed by atoms with E-state index in [0.717, 1.165) is 24.6 Å². The molecule has 190 valence electrons. The molecule has 0 fully saturated rings. The second kappa shape index (κ2) is 10.9. The molecule has 0 atom stereocenters. The summed E-state index contributed by atoms with van der Waals surface area (Å²) in [6.45, 7) is 2.38. The van der Waals surface area contributed by atoms with Crippen molar-refractivity contribution in [2.45, 2.75) is 19.5 Å². The molecule has 3 aromatic rings. The van der Waals surface area contributed by atoms with Gasteiger partial charge < -0.3 is 25.8 Å². The van der Waals surface area contributed by atoms with Crippen LogP contribution in [0.15, 0.2) is 42.6 Å². The summed E-state index contributed by atoms with van der Waals surface area (Å²) in [5.74, 6) is -4.06. The highest BCUT2D eigenvalue weighted by Crippen LogP contribution is 2.36. The van der Waals surface area contributed by atoms with E-state index in [9.17, 15) is 32.3 Å². The van der Waals surface area contributed by atoms with Crippen LogP contribution in [0.25, 0.3) is 0 Å². The molecule has 4 N–H and O–H groups in total. The Hall–Kier alpha value is -4.42. The summed E-state index contributed by atoms with van der Waals surface area (Å²) in [7, 11) is 1.34. The fourth-order valence-electron chi connectivity index (χ4n) is 3.11. The number of nitrogens with one attached hydrogen (secondary N) is 3. The van der Waals surface area contributed by atoms with Crippen molar-refractivity contribution in [1.82, 2.24) is 15.3 Å². The number of halogens is 4. The van der Waals surface area contributed by atoms with Gasteiger partial charge in [0, 0.05) is 18.3 Å². The van der Waals surface area contributed by atoms with Gasteiger partial charge in [-0.15, -0.1) is 0 Å². The molecule has 9 nitrogen and oxygen atoms in total. The number of carbonyl (C=O) groups excluding carboxylic acids is 1. The molecule has 0 saturated carbocycles. The Morgan fingerprint density at radius 1 is 1.11 bits per heavy atom. The lowest BCUT2D eigenvalue weighted by Gasteiger charge is -2.17. The van der Waals surface area contributed by atoms with Crippen LogP contribution in [0.4, 0.5) is 40.7 Å². The van der Waals surface area contributed by atoms with Gasteiger partial charge in [-0.25, -0.2) is 14.2 Å². The quantitative estimate of drug-likeness (QED) is 0.299. The van der Waals surface area contributed by atoms with Gasteiger partial charge in [-0.2, -0.15) is 18.2 Å². The SMILES string of the molecule is CCCNC(=O)c1ccc(Nc2ncc(C(F)(F)F)c(Nc3cccc(F)c3C(=O)O)n2)c(OC)c1. The summed E-state index contributed by atoms with van der Waals surface area (Å²) in [5, 5.41) is 17.0. The Morgan fingerprint density at radius 3 is 2.50 bits per heavy atom. The first-order valence-corrected chi connectivity index (χ1v) is 10.5. The Bertz CT molecular complexity index is 1280. The number of aromatic nitrogens is 2. The molecule has 1 heterocycles. The van der Waals surface area contributed by atoms with Crippen molar-refractivity contribution in [3.63, 3.8) is 0 Å². The second-order valence-corrected chi connectivity index (χ2v) is 7.34. The minimum absolute atomic E-state index is 0.190. The number of alkyl halides is 3. The Balaban J connectivity index is 1.98. The summed E-state index contributed by atoms with van der Waals surface area (Å²) in [5.41, 5.74) is -2.04. The van der Waals surface area contributed by atoms with Crippen LogP contribution in [0.2, 0.25) is 0 Å². The predicted molar refractivity (Wildman–Crippen MR) is 123 cm³/mol. The largest absolute Gasteiger partial charge is 0.495 e. The van der Waals surface area contributed by atoms with E-state index in [1.165, 1.54) is 25.3 Å². The van der Waals surface area contributed by atoms with Gasteiger partial charge in [-0.1, -0.05) is 13.0 Å². The standard InChI is InChI=1S/C23H21F4N5O4/c1-3-9-28-20(33)12-7-8-15(17(10-12)36-2)31-22-29-11-13(23(25,26)27)19(32-22)30-16-6-4-5-14(24)18(16)21(34)35/h4-8,10-11H,3,9H2,1-2H3,(H,28,33)(H,34,35)(H2,29,30,31,32). The van der Waals surface area contributed by atoms with E-state index in [4.69, 9.17) is 4.74 Å². The van der Waals surface area contributed by atoms with Crippen LogP contribution in [0, 0.1) is 5.82 Å². The van der Waals surface area contributed by atoms with Gasteiger partial charge in [-0.05, 0) is 36.8 Å². The Morgan fingerprint density at radius 2 is 1.86 bits per heavy atom. The van der Waals surface area contributed by atoms with Gasteiger partial charge in [0.1, 0.15) is 28.5 Å². The first-order valence-electron chi connectivity index (χ1n) is 10.5. The number of aromatic carboxylic acids is 1. The van der Waals surface area contributed by atoms with Gasteiger partial charge in [-0.3, -0.25) is 4.79 Å². The Kier molecular flexibility index (Phi) is 7.92. The van der Waals surface area contributed by atoms with E-state index in [1.54, 1.807) is 0 Å². The van der Waals surface area contributed by atoms with Crippen LogP contribution in [-0.4, -0.2) is 40.6 Å². The minimum atomic E-state index is -4.90. The highest BCUT2D eigenvalue weighted by atomic mass is 19.4. The third-order valence-electron chi connectivity index (χ3n) is 4.82. The smallest absolute Gasteiger partial charge is 0.421 e. The lowest BCUT2D eigenvalue weighted by molar-refractivity contribution is -0.137. The molecule has 13 heteroatoms. The molecular formula is C23H21F4N5O4. The number of amides is 1. The van der Waals surface area contributed by atoms with Crippen LogP contribution in [0.3, 0.4) is 0 Å². The molecule has 0 aliphatic heterocycles. The van der Waals surface area contributed by atoms with E-state index in [-0.39, 0.29) is 23.3 Å². The molecule has 0 bridgehead atoms. The van der Waals surface area contributed by atoms with Gasteiger partial charge >= 0.3 is 12.1 Å². The van der Waals surface area contributed by atoms with E-state index >= 15 is 0 Å². The second-order valence-electron chi connectivity index (χ2n) is 7.34. The average molecular weight is 507 g/mol. The highest BCUT2D eigenvalue weighted by Gasteiger charge is 2.36. The predicted octanol–water partition coefficient (Wildman–Crippen LogP) is 4.97. The van der Waals surface area contributed by atoms with Gasteiger partial charge in [0.05, 0.1) is 18.5 Å². The maximum absolute atomic E-state index is 14.0. The van der Waals surface area contributed by atoms with E-state index in [2.05, 4.69) is 25.9 Å². The molecule has 1 aromatic heterocycles. The number of rotatable bonds is 9. The number of benzene rings is 2. The molecule has 0 aliphatic rings. The summed E-state index contributed by atoms with van der Waals surface area (Å²) < 4.78 is 60.0. The number of ether oxygens (including phenoxy) is 1. The number of carbonyl (C=O) groups is 2. The highest BCUT2D eigenvalue weighted by molar-refractivity contribution is 5.96. The van der Waals surface area contributed by atoms with Crippen molar-refractivity contribution in [3.05, 3.63) is 65.1 Å². The number of hydrogen-bond acceptors (Lipinski definition) is 7. The van der Waals surface area contributed by atoms with Crippen LogP contribution in [0.5, 0.6) is 5.75 Å². The number of carboxylic acids is 1. The zero-order chi connectivity index (χ0) is 26.5. The van der Waals surface area contributed by atoms with Gasteiger partial charge in [0.25, 0.3) is 5.91 Å². The molecule has 36 heavy (non-hydrogen) atoms. The summed E-state index contributed by atoms with van der Waals surface area (Å²) in [6.07, 6.45) is -3.66. The first kappa shape index (κ1) is 26.2. The van der Waals surface area contributed by atoms with Crippen molar-refractivity contribution >= 4 is 35.0 Å². The van der Waals surface area contributed by atoms with Crippen molar-refractivity contribution in [2.75, 3.05) is 24.3 Å². The fourth-order valence-corrected chi connectivity index (χ4v) is 3.11. The van der Waals surface area contributed by atoms with Gasteiger partial charge in [0.15, 0.2) is 0 Å². The average Bonchev–Trinajstić information content (AvgIpc) is 2.82. The van der Waals surface area contributed by atoms with Crippen molar-refractivity contribution in [2.24, 2.45) is 0 Å². The summed E-state index contributed by atoms with van der Waals surface area (Å²) in [6, 6.07) is 7.48. The van der Waals surface area contributed by atoms with E-state index < -0.39 is 40.6 Å². The molecular weight excluding hydrogens is 486 g/mol. The molecule has 0 saturated heterocycles. The third kappa shape index (κ3) is 5.98. The van der Waals surface area contributed by atoms with Crippen LogP contribution < -0.4 is 20.7 Å². The number of carboxylic acid groups (broad SMARTS) is 1. The van der Waals surface area contributed by atoms with E-state index in [0.29, 0.717) is 18.3 Å². The summed E-state index contributed by atoms with van der Waals surface area (Å²) >= 11 is 0. The Labute approximate surface area is 202 Å². The van der Waals surface area contributed by atoms with Crippen LogP contribution in [0.1, 0.15) is 39.6 Å².